The Hall–Kier alpha value is 0.276. The van der Waals surface area contributed by atoms with Crippen molar-refractivity contribution in [1.29, 1.82) is 0 Å². The standard InChI is InChI=1S/C6H6O.K.2N3.Na/c7-6-4-2-1-3-5-6;;2*1-3-2;/h1-5,7H;;;;/q;+1;2*-1;+1. The number of rotatable bonds is 0. The van der Waals surface area contributed by atoms with E-state index in [1.165, 1.54) is 9.82 Å². The Kier molecular flexibility index (Phi) is 38.9. The molecule has 0 fully saturated rings. The van der Waals surface area contributed by atoms with Crippen LogP contribution in [-0.4, -0.2) is 5.11 Å². The van der Waals surface area contributed by atoms with E-state index >= 15 is 0 Å². The first-order valence-corrected chi connectivity index (χ1v) is 2.93. The smallest absolute Gasteiger partial charge is 0.508 e. The molecule has 1 aromatic carbocycles. The van der Waals surface area contributed by atoms with Crippen LogP contribution >= 0.6 is 0 Å². The molecule has 1 N–H and O–H groups in total. The fourth-order valence-electron chi connectivity index (χ4n) is 0.428. The molecule has 0 heterocycles. The molecule has 9 heteroatoms. The van der Waals surface area contributed by atoms with Crippen LogP contribution < -0.4 is 80.9 Å². The number of phenols is 1. The van der Waals surface area contributed by atoms with E-state index in [-0.39, 0.29) is 80.9 Å². The fourth-order valence-corrected chi connectivity index (χ4v) is 0.428. The van der Waals surface area contributed by atoms with Crippen molar-refractivity contribution in [2.45, 2.75) is 0 Å². The van der Waals surface area contributed by atoms with Gasteiger partial charge in [-0.25, -0.2) is 0 Å². The molecular weight excluding hydrogens is 234 g/mol. The summed E-state index contributed by atoms with van der Waals surface area (Å²) < 4.78 is 0. The number of hydrogen-bond donors (Lipinski definition) is 1. The Bertz CT molecular complexity index is 271. The molecule has 0 aliphatic rings. The van der Waals surface area contributed by atoms with E-state index in [4.69, 9.17) is 27.2 Å². The normalized spacial score (nSPS) is 5.07. The van der Waals surface area contributed by atoms with Crippen LogP contribution in [0.2, 0.25) is 0 Å². The zero-order valence-electron chi connectivity index (χ0n) is 8.52. The van der Waals surface area contributed by atoms with E-state index in [0.29, 0.717) is 5.75 Å². The van der Waals surface area contributed by atoms with Gasteiger partial charge in [-0.3, -0.25) is 9.82 Å². The molecule has 0 amide bonds. The molecule has 0 aliphatic heterocycles. The second kappa shape index (κ2) is 23.8. The minimum Gasteiger partial charge on any atom is -0.508 e. The summed E-state index contributed by atoms with van der Waals surface area (Å²) in [5, 5.41) is 8.63. The maximum Gasteiger partial charge on any atom is 1.00 e. The van der Waals surface area contributed by atoms with Gasteiger partial charge < -0.3 is 27.2 Å². The van der Waals surface area contributed by atoms with Crippen molar-refractivity contribution in [2.24, 2.45) is 0 Å². The largest absolute Gasteiger partial charge is 1.00 e. The van der Waals surface area contributed by atoms with E-state index < -0.39 is 0 Å². The van der Waals surface area contributed by atoms with Gasteiger partial charge in [0, 0.05) is 0 Å². The monoisotopic (exact) mass is 240 g/mol. The zero-order chi connectivity index (χ0) is 10.5. The van der Waals surface area contributed by atoms with Crippen LogP contribution in [0.25, 0.3) is 31.9 Å². The van der Waals surface area contributed by atoms with E-state index in [1.807, 2.05) is 6.07 Å². The Morgan fingerprint density at radius 2 is 1.13 bits per heavy atom. The third-order valence-electron chi connectivity index (χ3n) is 0.756. The summed E-state index contributed by atoms with van der Waals surface area (Å²) in [6, 6.07) is 8.71. The van der Waals surface area contributed by atoms with Gasteiger partial charge in [0.15, 0.2) is 0 Å². The van der Waals surface area contributed by atoms with Gasteiger partial charge in [-0.15, -0.1) is 0 Å². The summed E-state index contributed by atoms with van der Waals surface area (Å²) in [6.07, 6.45) is 0. The van der Waals surface area contributed by atoms with E-state index in [9.17, 15) is 0 Å². The third kappa shape index (κ3) is 31.4. The molecule has 7 nitrogen and oxygen atoms in total. The number of para-hydroxylation sites is 1. The van der Waals surface area contributed by atoms with Gasteiger partial charge in [0.05, 0.1) is 0 Å². The second-order valence-corrected chi connectivity index (χ2v) is 1.51. The molecular formula is C6H6KN6NaO. The molecule has 0 radical (unpaired) electrons. The van der Waals surface area contributed by atoms with Gasteiger partial charge >= 0.3 is 80.9 Å². The number of aromatic hydroxyl groups is 1. The molecule has 68 valence electrons. The van der Waals surface area contributed by atoms with E-state index in [0.717, 1.165) is 0 Å². The molecule has 0 saturated heterocycles. The predicted molar refractivity (Wildman–Crippen MR) is 48.3 cm³/mol. The quantitative estimate of drug-likeness (QED) is 0.221. The minimum absolute atomic E-state index is 0. The fraction of sp³-hybridized carbons (Fsp3) is 0. The first kappa shape index (κ1) is 24.5. The Morgan fingerprint density at radius 3 is 1.27 bits per heavy atom. The first-order chi connectivity index (χ1) is 6.22. The van der Waals surface area contributed by atoms with Crippen molar-refractivity contribution in [3.63, 3.8) is 0 Å². The SMILES string of the molecule is Oc1ccccc1.[K+].[N-]=[N+]=[N-].[N-]=[N+]=[N-].[Na+]. The van der Waals surface area contributed by atoms with E-state index in [2.05, 4.69) is 0 Å². The number of hydrogen-bond acceptors (Lipinski definition) is 1. The average Bonchev–Trinajstić information content (AvgIpc) is 2.08. The topological polar surface area (TPSA) is 138 Å². The van der Waals surface area contributed by atoms with Gasteiger partial charge in [-0.1, -0.05) is 18.2 Å². The maximum absolute atomic E-state index is 8.63. The van der Waals surface area contributed by atoms with Gasteiger partial charge in [0.2, 0.25) is 0 Å². The van der Waals surface area contributed by atoms with Crippen molar-refractivity contribution in [2.75, 3.05) is 0 Å². The Balaban J connectivity index is -0.0000000665. The predicted octanol–water partition coefficient (Wildman–Crippen LogP) is -2.87. The molecule has 15 heavy (non-hydrogen) atoms. The zero-order valence-corrected chi connectivity index (χ0v) is 13.6. The molecule has 0 saturated carbocycles. The minimum atomic E-state index is 0. The van der Waals surface area contributed by atoms with Crippen molar-refractivity contribution >= 4 is 0 Å². The van der Waals surface area contributed by atoms with Crippen molar-refractivity contribution in [1.82, 2.24) is 0 Å². The summed E-state index contributed by atoms with van der Waals surface area (Å²) in [5.74, 6) is 0.322. The molecule has 0 aromatic heterocycles. The van der Waals surface area contributed by atoms with Crippen molar-refractivity contribution in [3.8, 4) is 5.75 Å². The van der Waals surface area contributed by atoms with Crippen LogP contribution in [0.4, 0.5) is 0 Å². The van der Waals surface area contributed by atoms with Gasteiger partial charge in [-0.05, 0) is 12.1 Å². The van der Waals surface area contributed by atoms with Crippen LogP contribution in [0.1, 0.15) is 0 Å². The molecule has 0 atom stereocenters. The van der Waals surface area contributed by atoms with Crippen LogP contribution in [0.3, 0.4) is 0 Å². The average molecular weight is 240 g/mol. The number of benzene rings is 1. The van der Waals surface area contributed by atoms with Crippen LogP contribution in [-0.2, 0) is 0 Å². The summed E-state index contributed by atoms with van der Waals surface area (Å²) in [7, 11) is 0. The van der Waals surface area contributed by atoms with Crippen molar-refractivity contribution in [3.05, 3.63) is 62.3 Å². The number of phenolic OH excluding ortho intramolecular Hbond substituents is 1. The Morgan fingerprint density at radius 1 is 0.867 bits per heavy atom. The molecule has 0 bridgehead atoms. The maximum atomic E-state index is 8.63. The summed E-state index contributed by atoms with van der Waals surface area (Å²) in [5.41, 5.74) is 27.0. The van der Waals surface area contributed by atoms with Gasteiger partial charge in [-0.2, -0.15) is 0 Å². The molecule has 0 unspecified atom stereocenters. The number of nitrogens with zero attached hydrogens (tertiary/aromatic N) is 6. The first-order valence-electron chi connectivity index (χ1n) is 2.93. The Labute approximate surface area is 151 Å². The molecule has 0 spiro atoms. The van der Waals surface area contributed by atoms with Crippen LogP contribution in [0, 0.1) is 0 Å². The summed E-state index contributed by atoms with van der Waals surface area (Å²) >= 11 is 0. The molecule has 1 rings (SSSR count). The van der Waals surface area contributed by atoms with Gasteiger partial charge in [0.25, 0.3) is 0 Å². The van der Waals surface area contributed by atoms with Gasteiger partial charge in [0.1, 0.15) is 5.75 Å². The second-order valence-electron chi connectivity index (χ2n) is 1.51. The molecule has 1 aromatic rings. The van der Waals surface area contributed by atoms with Crippen LogP contribution in [0.5, 0.6) is 5.75 Å². The third-order valence-corrected chi connectivity index (χ3v) is 0.756. The van der Waals surface area contributed by atoms with Crippen LogP contribution in [0.15, 0.2) is 30.3 Å². The van der Waals surface area contributed by atoms with Crippen molar-refractivity contribution < 1.29 is 86.0 Å². The van der Waals surface area contributed by atoms with E-state index in [1.54, 1.807) is 24.3 Å². The summed E-state index contributed by atoms with van der Waals surface area (Å²) in [6.45, 7) is 0. The summed E-state index contributed by atoms with van der Waals surface area (Å²) in [4.78, 5) is 3.00. The molecule has 0 aliphatic carbocycles.